The van der Waals surface area contributed by atoms with Crippen molar-refractivity contribution in [2.45, 2.75) is 32.9 Å². The molecule has 0 unspecified atom stereocenters. The molecule has 0 aliphatic rings. The molecule has 1 aromatic heterocycles. The summed E-state index contributed by atoms with van der Waals surface area (Å²) in [7, 11) is 0. The lowest BCUT2D eigenvalue weighted by Gasteiger charge is -2.20. The molecule has 0 atom stereocenters. The number of carboxylic acid groups (broad SMARTS) is 1. The van der Waals surface area contributed by atoms with Crippen LogP contribution in [0.2, 0.25) is 0 Å². The highest BCUT2D eigenvalue weighted by Gasteiger charge is 2.14. The molecular formula is C12H18N4O3. The highest BCUT2D eigenvalue weighted by molar-refractivity contribution is 5.88. The lowest BCUT2D eigenvalue weighted by Crippen LogP contribution is -2.44. The minimum atomic E-state index is -1.09. The van der Waals surface area contributed by atoms with E-state index in [0.29, 0.717) is 5.69 Å². The molecule has 1 amide bonds. The Hall–Kier alpha value is -2.02. The van der Waals surface area contributed by atoms with Crippen LogP contribution in [0.15, 0.2) is 12.5 Å². The van der Waals surface area contributed by atoms with E-state index in [1.54, 1.807) is 0 Å². The molecule has 3 N–H and O–H groups in total. The Balaban J connectivity index is 2.50. The molecule has 0 aromatic carbocycles. The van der Waals surface area contributed by atoms with Crippen LogP contribution < -0.4 is 10.6 Å². The van der Waals surface area contributed by atoms with Crippen molar-refractivity contribution in [3.63, 3.8) is 0 Å². The van der Waals surface area contributed by atoms with Crippen LogP contribution in [0.3, 0.4) is 0 Å². The van der Waals surface area contributed by atoms with Crippen molar-refractivity contribution in [1.82, 2.24) is 20.6 Å². The standard InChI is InChI=1S/C12H18N4O3/c1-12(2,3)16-10(17)6-13-5-9-8(11(18)19)4-14-7-15-9/h4,7,13H,5-6H2,1-3H3,(H,16,17)(H,18,19). The van der Waals surface area contributed by atoms with Gasteiger partial charge in [0, 0.05) is 18.3 Å². The van der Waals surface area contributed by atoms with Gasteiger partial charge in [-0.2, -0.15) is 0 Å². The summed E-state index contributed by atoms with van der Waals surface area (Å²) in [6, 6.07) is 0. The van der Waals surface area contributed by atoms with Gasteiger partial charge >= 0.3 is 5.97 Å². The Bertz CT molecular complexity index is 468. The van der Waals surface area contributed by atoms with Crippen molar-refractivity contribution in [2.75, 3.05) is 6.54 Å². The van der Waals surface area contributed by atoms with E-state index < -0.39 is 5.97 Å². The molecule has 104 valence electrons. The molecule has 0 bridgehead atoms. The van der Waals surface area contributed by atoms with Gasteiger partial charge in [0.05, 0.1) is 12.2 Å². The Labute approximate surface area is 111 Å². The first-order chi connectivity index (χ1) is 8.79. The third-order valence-electron chi connectivity index (χ3n) is 2.12. The third kappa shape index (κ3) is 5.43. The molecule has 0 aliphatic heterocycles. The van der Waals surface area contributed by atoms with Crippen LogP contribution in [0.1, 0.15) is 36.8 Å². The highest BCUT2D eigenvalue weighted by atomic mass is 16.4. The van der Waals surface area contributed by atoms with Gasteiger partial charge in [-0.15, -0.1) is 0 Å². The molecule has 0 saturated heterocycles. The maximum atomic E-state index is 11.5. The van der Waals surface area contributed by atoms with Gasteiger partial charge in [-0.3, -0.25) is 4.79 Å². The number of aromatic nitrogens is 2. The van der Waals surface area contributed by atoms with Gasteiger partial charge in [0.15, 0.2) is 0 Å². The first kappa shape index (κ1) is 15.0. The molecular weight excluding hydrogens is 248 g/mol. The fourth-order valence-corrected chi connectivity index (χ4v) is 1.43. The third-order valence-corrected chi connectivity index (χ3v) is 2.12. The number of hydrogen-bond donors (Lipinski definition) is 3. The summed E-state index contributed by atoms with van der Waals surface area (Å²) in [4.78, 5) is 30.0. The van der Waals surface area contributed by atoms with Crippen LogP contribution in [0.4, 0.5) is 0 Å². The van der Waals surface area contributed by atoms with Crippen molar-refractivity contribution in [3.8, 4) is 0 Å². The van der Waals surface area contributed by atoms with E-state index in [1.807, 2.05) is 20.8 Å². The fraction of sp³-hybridized carbons (Fsp3) is 0.500. The zero-order chi connectivity index (χ0) is 14.5. The molecule has 1 aromatic rings. The van der Waals surface area contributed by atoms with E-state index in [1.165, 1.54) is 12.5 Å². The topological polar surface area (TPSA) is 104 Å². The van der Waals surface area contributed by atoms with Crippen molar-refractivity contribution in [3.05, 3.63) is 23.8 Å². The summed E-state index contributed by atoms with van der Waals surface area (Å²) in [5, 5.41) is 14.6. The summed E-state index contributed by atoms with van der Waals surface area (Å²) >= 11 is 0. The number of hydrogen-bond acceptors (Lipinski definition) is 5. The summed E-state index contributed by atoms with van der Waals surface area (Å²) in [6.07, 6.45) is 2.51. The largest absolute Gasteiger partial charge is 0.478 e. The number of carbonyl (C=O) groups excluding carboxylic acids is 1. The molecule has 7 heteroatoms. The molecule has 1 heterocycles. The Morgan fingerprint density at radius 3 is 2.63 bits per heavy atom. The summed E-state index contributed by atoms with van der Waals surface area (Å²) in [5.41, 5.74) is 0.0946. The van der Waals surface area contributed by atoms with Crippen LogP contribution in [-0.2, 0) is 11.3 Å². The highest BCUT2D eigenvalue weighted by Crippen LogP contribution is 2.03. The molecule has 19 heavy (non-hydrogen) atoms. The SMILES string of the molecule is CC(C)(C)NC(=O)CNCc1ncncc1C(=O)O. The van der Waals surface area contributed by atoms with E-state index in [4.69, 9.17) is 5.11 Å². The second-order valence-corrected chi connectivity index (χ2v) is 5.09. The molecule has 0 saturated carbocycles. The summed E-state index contributed by atoms with van der Waals surface area (Å²) in [5.74, 6) is -1.24. The van der Waals surface area contributed by atoms with Crippen LogP contribution in [-0.4, -0.2) is 39.0 Å². The van der Waals surface area contributed by atoms with Gasteiger partial charge in [-0.1, -0.05) is 0 Å². The second kappa shape index (κ2) is 6.24. The number of nitrogens with one attached hydrogen (secondary N) is 2. The van der Waals surface area contributed by atoms with Crippen LogP contribution in [0, 0.1) is 0 Å². The lowest BCUT2D eigenvalue weighted by molar-refractivity contribution is -0.121. The number of carbonyl (C=O) groups is 2. The molecule has 7 nitrogen and oxygen atoms in total. The number of aromatic carboxylic acids is 1. The van der Waals surface area contributed by atoms with Crippen molar-refractivity contribution < 1.29 is 14.7 Å². The average molecular weight is 266 g/mol. The molecule has 0 fully saturated rings. The van der Waals surface area contributed by atoms with Crippen LogP contribution >= 0.6 is 0 Å². The predicted molar refractivity (Wildman–Crippen MR) is 68.6 cm³/mol. The quantitative estimate of drug-likeness (QED) is 0.702. The van der Waals surface area contributed by atoms with Gasteiger partial charge in [-0.05, 0) is 20.8 Å². The van der Waals surface area contributed by atoms with Gasteiger partial charge in [0.25, 0.3) is 0 Å². The predicted octanol–water partition coefficient (Wildman–Crippen LogP) is 0.179. The van der Waals surface area contributed by atoms with Crippen molar-refractivity contribution in [2.24, 2.45) is 0 Å². The minimum Gasteiger partial charge on any atom is -0.478 e. The van der Waals surface area contributed by atoms with E-state index in [0.717, 1.165) is 0 Å². The number of nitrogens with zero attached hydrogens (tertiary/aromatic N) is 2. The Kier molecular flexibility index (Phi) is 4.94. The van der Waals surface area contributed by atoms with Crippen molar-refractivity contribution >= 4 is 11.9 Å². The van der Waals surface area contributed by atoms with Gasteiger partial charge in [-0.25, -0.2) is 14.8 Å². The maximum Gasteiger partial charge on any atom is 0.339 e. The zero-order valence-electron chi connectivity index (χ0n) is 11.2. The zero-order valence-corrected chi connectivity index (χ0v) is 11.2. The van der Waals surface area contributed by atoms with Gasteiger partial charge in [0.1, 0.15) is 11.9 Å². The van der Waals surface area contributed by atoms with Gasteiger partial charge < -0.3 is 15.7 Å². The monoisotopic (exact) mass is 266 g/mol. The Morgan fingerprint density at radius 2 is 2.05 bits per heavy atom. The van der Waals surface area contributed by atoms with Crippen molar-refractivity contribution in [1.29, 1.82) is 0 Å². The van der Waals surface area contributed by atoms with E-state index in [9.17, 15) is 9.59 Å². The van der Waals surface area contributed by atoms with Crippen LogP contribution in [0.25, 0.3) is 0 Å². The van der Waals surface area contributed by atoms with E-state index in [2.05, 4.69) is 20.6 Å². The molecule has 0 spiro atoms. The maximum absolute atomic E-state index is 11.5. The molecule has 0 aliphatic carbocycles. The smallest absolute Gasteiger partial charge is 0.339 e. The van der Waals surface area contributed by atoms with Gasteiger partial charge in [0.2, 0.25) is 5.91 Å². The normalized spacial score (nSPS) is 11.1. The van der Waals surface area contributed by atoms with Crippen LogP contribution in [0.5, 0.6) is 0 Å². The average Bonchev–Trinajstić information content (AvgIpc) is 2.27. The number of rotatable bonds is 5. The summed E-state index contributed by atoms with van der Waals surface area (Å²) in [6.45, 7) is 5.95. The van der Waals surface area contributed by atoms with E-state index >= 15 is 0 Å². The van der Waals surface area contributed by atoms with E-state index in [-0.39, 0.29) is 30.1 Å². The molecule has 1 rings (SSSR count). The number of carboxylic acids is 1. The second-order valence-electron chi connectivity index (χ2n) is 5.09. The Morgan fingerprint density at radius 1 is 1.37 bits per heavy atom. The number of amides is 1. The lowest BCUT2D eigenvalue weighted by atomic mass is 10.1. The fourth-order valence-electron chi connectivity index (χ4n) is 1.43. The summed E-state index contributed by atoms with van der Waals surface area (Å²) < 4.78 is 0. The first-order valence-corrected chi connectivity index (χ1v) is 5.83. The first-order valence-electron chi connectivity index (χ1n) is 5.83. The minimum absolute atomic E-state index is 0.0335. The molecule has 0 radical (unpaired) electrons.